The SMILES string of the molecule is C[CH]/C=C/C=C/C. The van der Waals surface area contributed by atoms with E-state index in [1.807, 2.05) is 44.6 Å². The minimum absolute atomic E-state index is 2.00. The van der Waals surface area contributed by atoms with Gasteiger partial charge >= 0.3 is 0 Å². The first-order valence-corrected chi connectivity index (χ1v) is 2.49. The van der Waals surface area contributed by atoms with E-state index in [0.717, 1.165) is 0 Å². The number of hydrogen-bond acceptors (Lipinski definition) is 0. The maximum absolute atomic E-state index is 2.00. The highest BCUT2D eigenvalue weighted by Gasteiger charge is 1.58. The van der Waals surface area contributed by atoms with Crippen LogP contribution in [0.2, 0.25) is 0 Å². The summed E-state index contributed by atoms with van der Waals surface area (Å²) in [6, 6.07) is 0. The van der Waals surface area contributed by atoms with Crippen LogP contribution in [0.3, 0.4) is 0 Å². The summed E-state index contributed by atoms with van der Waals surface area (Å²) in [4.78, 5) is 0. The first-order chi connectivity index (χ1) is 3.41. The average molecular weight is 95.2 g/mol. The molecule has 0 N–H and O–H groups in total. The smallest absolute Gasteiger partial charge is 0.0198 e. The van der Waals surface area contributed by atoms with E-state index < -0.39 is 0 Å². The first-order valence-electron chi connectivity index (χ1n) is 2.49. The predicted octanol–water partition coefficient (Wildman–Crippen LogP) is 2.34. The maximum Gasteiger partial charge on any atom is -0.0198 e. The van der Waals surface area contributed by atoms with Crippen LogP contribution in [0, 0.1) is 6.42 Å². The van der Waals surface area contributed by atoms with Crippen molar-refractivity contribution in [1.29, 1.82) is 0 Å². The third kappa shape index (κ3) is 5.48. The van der Waals surface area contributed by atoms with Gasteiger partial charge in [-0.25, -0.2) is 0 Å². The van der Waals surface area contributed by atoms with Crippen molar-refractivity contribution < 1.29 is 0 Å². The molecule has 0 saturated carbocycles. The highest BCUT2D eigenvalue weighted by Crippen LogP contribution is 1.78. The van der Waals surface area contributed by atoms with Crippen molar-refractivity contribution in [2.24, 2.45) is 0 Å². The van der Waals surface area contributed by atoms with Crippen LogP contribution in [0.5, 0.6) is 0 Å². The quantitative estimate of drug-likeness (QED) is 0.462. The molecule has 0 heteroatoms. The summed E-state index contributed by atoms with van der Waals surface area (Å²) in [5, 5.41) is 0. The number of allylic oxidation sites excluding steroid dienone is 4. The van der Waals surface area contributed by atoms with Crippen molar-refractivity contribution in [3.8, 4) is 0 Å². The van der Waals surface area contributed by atoms with Crippen molar-refractivity contribution in [2.45, 2.75) is 13.8 Å². The molecule has 0 bridgehead atoms. The molecule has 0 aliphatic carbocycles. The van der Waals surface area contributed by atoms with E-state index in [2.05, 4.69) is 0 Å². The molecule has 0 fully saturated rings. The fourth-order valence-corrected chi connectivity index (χ4v) is 0.286. The van der Waals surface area contributed by atoms with Crippen LogP contribution < -0.4 is 0 Å². The highest BCUT2D eigenvalue weighted by molar-refractivity contribution is 5.05. The molecule has 0 atom stereocenters. The van der Waals surface area contributed by atoms with Crippen LogP contribution in [0.15, 0.2) is 24.3 Å². The summed E-state index contributed by atoms with van der Waals surface area (Å²) in [6.45, 7) is 4.00. The first kappa shape index (κ1) is 6.48. The van der Waals surface area contributed by atoms with Crippen molar-refractivity contribution in [1.82, 2.24) is 0 Å². The number of hydrogen-bond donors (Lipinski definition) is 0. The Balaban J connectivity index is 3.09. The molecule has 0 unspecified atom stereocenters. The molecule has 39 valence electrons. The monoisotopic (exact) mass is 95.1 g/mol. The van der Waals surface area contributed by atoms with Crippen molar-refractivity contribution >= 4 is 0 Å². The van der Waals surface area contributed by atoms with Gasteiger partial charge < -0.3 is 0 Å². The Bertz CT molecular complexity index is 68.1. The van der Waals surface area contributed by atoms with Gasteiger partial charge in [-0.2, -0.15) is 0 Å². The molecule has 0 saturated heterocycles. The van der Waals surface area contributed by atoms with Gasteiger partial charge in [-0.3, -0.25) is 0 Å². The predicted molar refractivity (Wildman–Crippen MR) is 33.9 cm³/mol. The Morgan fingerprint density at radius 3 is 2.00 bits per heavy atom. The van der Waals surface area contributed by atoms with Crippen LogP contribution in [-0.4, -0.2) is 0 Å². The van der Waals surface area contributed by atoms with Crippen LogP contribution >= 0.6 is 0 Å². The van der Waals surface area contributed by atoms with Crippen LogP contribution in [0.25, 0.3) is 0 Å². The topological polar surface area (TPSA) is 0 Å². The van der Waals surface area contributed by atoms with Gasteiger partial charge in [-0.05, 0) is 13.3 Å². The third-order valence-electron chi connectivity index (χ3n) is 0.607. The zero-order valence-corrected chi connectivity index (χ0v) is 4.89. The van der Waals surface area contributed by atoms with E-state index in [1.54, 1.807) is 0 Å². The van der Waals surface area contributed by atoms with Gasteiger partial charge in [-0.1, -0.05) is 31.2 Å². The van der Waals surface area contributed by atoms with Gasteiger partial charge in [-0.15, -0.1) is 0 Å². The molecular weight excluding hydrogens is 84.1 g/mol. The highest BCUT2D eigenvalue weighted by atomic mass is 13.6. The minimum atomic E-state index is 2.00. The summed E-state index contributed by atoms with van der Waals surface area (Å²) < 4.78 is 0. The fraction of sp³-hybridized carbons (Fsp3) is 0.286. The minimum Gasteiger partial charge on any atom is -0.0877 e. The molecule has 0 spiro atoms. The molecule has 1 radical (unpaired) electrons. The summed E-state index contributed by atoms with van der Waals surface area (Å²) >= 11 is 0. The molecule has 7 heavy (non-hydrogen) atoms. The average Bonchev–Trinajstić information content (AvgIpc) is 1.69. The zero-order chi connectivity index (χ0) is 5.54. The Kier molecular flexibility index (Phi) is 5.07. The van der Waals surface area contributed by atoms with Crippen LogP contribution in [0.1, 0.15) is 13.8 Å². The van der Waals surface area contributed by atoms with Gasteiger partial charge in [0.2, 0.25) is 0 Å². The lowest BCUT2D eigenvalue weighted by molar-refractivity contribution is 1.55. The van der Waals surface area contributed by atoms with E-state index >= 15 is 0 Å². The molecule has 0 heterocycles. The molecule has 0 aliphatic rings. The van der Waals surface area contributed by atoms with E-state index in [0.29, 0.717) is 0 Å². The molecule has 0 rings (SSSR count). The van der Waals surface area contributed by atoms with E-state index in [-0.39, 0.29) is 0 Å². The van der Waals surface area contributed by atoms with Crippen LogP contribution in [0.4, 0.5) is 0 Å². The molecule has 0 aromatic heterocycles. The summed E-state index contributed by atoms with van der Waals surface area (Å²) in [7, 11) is 0. The summed E-state index contributed by atoms with van der Waals surface area (Å²) in [6.07, 6.45) is 10.0. The molecule has 0 amide bonds. The molecule has 0 aliphatic heterocycles. The lowest BCUT2D eigenvalue weighted by Crippen LogP contribution is -1.50. The Morgan fingerprint density at radius 2 is 1.57 bits per heavy atom. The molecule has 0 nitrogen and oxygen atoms in total. The van der Waals surface area contributed by atoms with Crippen molar-refractivity contribution in [3.63, 3.8) is 0 Å². The Labute approximate surface area is 45.5 Å². The molecular formula is C7H11. The third-order valence-corrected chi connectivity index (χ3v) is 0.607. The summed E-state index contributed by atoms with van der Waals surface area (Å²) in [5.41, 5.74) is 0. The zero-order valence-electron chi connectivity index (χ0n) is 4.89. The van der Waals surface area contributed by atoms with Crippen molar-refractivity contribution in [2.75, 3.05) is 0 Å². The van der Waals surface area contributed by atoms with Gasteiger partial charge in [0.1, 0.15) is 0 Å². The van der Waals surface area contributed by atoms with Gasteiger partial charge in [0.25, 0.3) is 0 Å². The van der Waals surface area contributed by atoms with Gasteiger partial charge in [0.15, 0.2) is 0 Å². The molecule has 0 aromatic carbocycles. The number of rotatable bonds is 2. The second kappa shape index (κ2) is 5.48. The Morgan fingerprint density at radius 1 is 0.857 bits per heavy atom. The lowest BCUT2D eigenvalue weighted by atomic mass is 10.4. The van der Waals surface area contributed by atoms with Gasteiger partial charge in [0, 0.05) is 0 Å². The van der Waals surface area contributed by atoms with E-state index in [1.165, 1.54) is 0 Å². The normalized spacial score (nSPS) is 11.7. The maximum atomic E-state index is 2.00. The largest absolute Gasteiger partial charge is 0.0877 e. The summed E-state index contributed by atoms with van der Waals surface area (Å²) in [5.74, 6) is 0. The van der Waals surface area contributed by atoms with Crippen LogP contribution in [-0.2, 0) is 0 Å². The standard InChI is InChI=1S/C7H11/c1-3-5-7-6-4-2/h3-7H,1-2H3/b5-3+,7-6+. The molecule has 0 aromatic rings. The van der Waals surface area contributed by atoms with E-state index in [9.17, 15) is 0 Å². The Hall–Kier alpha value is -0.520. The van der Waals surface area contributed by atoms with E-state index in [4.69, 9.17) is 0 Å². The van der Waals surface area contributed by atoms with Gasteiger partial charge in [0.05, 0.1) is 0 Å². The fourth-order valence-electron chi connectivity index (χ4n) is 0.286. The lowest BCUT2D eigenvalue weighted by Gasteiger charge is -1.69. The second-order valence-corrected chi connectivity index (χ2v) is 1.24. The second-order valence-electron chi connectivity index (χ2n) is 1.24. The van der Waals surface area contributed by atoms with Crippen molar-refractivity contribution in [3.05, 3.63) is 30.7 Å².